The minimum atomic E-state index is 0.425. The second kappa shape index (κ2) is 4.13. The number of nitrogens with one attached hydrogen (secondary N) is 1. The van der Waals surface area contributed by atoms with Gasteiger partial charge in [0.15, 0.2) is 0 Å². The summed E-state index contributed by atoms with van der Waals surface area (Å²) in [6.07, 6.45) is 4.08. The van der Waals surface area contributed by atoms with Gasteiger partial charge in [0.25, 0.3) is 0 Å². The molecule has 0 atom stereocenters. The lowest BCUT2D eigenvalue weighted by molar-refractivity contribution is 0.333. The van der Waals surface area contributed by atoms with Crippen LogP contribution in [-0.4, -0.2) is 11.7 Å². The van der Waals surface area contributed by atoms with Crippen molar-refractivity contribution in [1.82, 2.24) is 0 Å². The highest BCUT2D eigenvalue weighted by atomic mass is 16.3. The first-order valence-electron chi connectivity index (χ1n) is 5.71. The van der Waals surface area contributed by atoms with E-state index in [0.29, 0.717) is 5.75 Å². The van der Waals surface area contributed by atoms with Gasteiger partial charge in [-0.25, -0.2) is 0 Å². The Morgan fingerprint density at radius 3 is 2.67 bits per heavy atom. The molecule has 0 radical (unpaired) electrons. The van der Waals surface area contributed by atoms with Gasteiger partial charge in [-0.2, -0.15) is 0 Å². The fraction of sp³-hybridized carbons (Fsp3) is 0.538. The Hall–Kier alpha value is -1.18. The van der Waals surface area contributed by atoms with Gasteiger partial charge in [0, 0.05) is 17.8 Å². The lowest BCUT2D eigenvalue weighted by Gasteiger charge is -2.26. The van der Waals surface area contributed by atoms with Crippen molar-refractivity contribution in [2.75, 3.05) is 11.9 Å². The fourth-order valence-corrected chi connectivity index (χ4v) is 1.98. The third kappa shape index (κ3) is 2.09. The van der Waals surface area contributed by atoms with Gasteiger partial charge in [0.2, 0.25) is 0 Å². The fourth-order valence-electron chi connectivity index (χ4n) is 1.98. The van der Waals surface area contributed by atoms with Crippen molar-refractivity contribution in [2.45, 2.75) is 33.1 Å². The van der Waals surface area contributed by atoms with E-state index < -0.39 is 0 Å². The second-order valence-electron chi connectivity index (χ2n) is 4.58. The quantitative estimate of drug-likeness (QED) is 0.794. The number of hydrogen-bond acceptors (Lipinski definition) is 2. The van der Waals surface area contributed by atoms with Crippen molar-refractivity contribution in [2.24, 2.45) is 5.92 Å². The molecule has 0 unspecified atom stereocenters. The van der Waals surface area contributed by atoms with Crippen molar-refractivity contribution in [3.8, 4) is 5.75 Å². The van der Waals surface area contributed by atoms with Crippen molar-refractivity contribution >= 4 is 5.69 Å². The summed E-state index contributed by atoms with van der Waals surface area (Å²) in [4.78, 5) is 0. The average Bonchev–Trinajstić information content (AvgIpc) is 2.15. The monoisotopic (exact) mass is 205 g/mol. The molecular weight excluding hydrogens is 186 g/mol. The Morgan fingerprint density at radius 1 is 1.33 bits per heavy atom. The summed E-state index contributed by atoms with van der Waals surface area (Å²) in [7, 11) is 0. The van der Waals surface area contributed by atoms with Crippen LogP contribution in [0, 0.1) is 19.8 Å². The predicted octanol–water partition coefficient (Wildman–Crippen LogP) is 3.22. The van der Waals surface area contributed by atoms with Gasteiger partial charge < -0.3 is 10.4 Å². The number of benzene rings is 1. The molecule has 1 aliphatic rings. The lowest BCUT2D eigenvalue weighted by Crippen LogP contribution is -2.21. The molecule has 2 N–H and O–H groups in total. The summed E-state index contributed by atoms with van der Waals surface area (Å²) in [5, 5.41) is 13.2. The molecule has 0 heterocycles. The Labute approximate surface area is 91.3 Å². The summed E-state index contributed by atoms with van der Waals surface area (Å²) >= 11 is 0. The van der Waals surface area contributed by atoms with Gasteiger partial charge in [-0.15, -0.1) is 0 Å². The molecule has 1 aliphatic carbocycles. The van der Waals surface area contributed by atoms with Crippen molar-refractivity contribution in [3.63, 3.8) is 0 Å². The van der Waals surface area contributed by atoms with E-state index in [1.54, 1.807) is 0 Å². The standard InChI is InChI=1S/C13H19NO/c1-9-6-7-12(10(2)13(9)15)14-8-11-4-3-5-11/h6-7,11,14-15H,3-5,8H2,1-2H3. The van der Waals surface area contributed by atoms with Gasteiger partial charge in [-0.1, -0.05) is 12.5 Å². The molecule has 0 saturated heterocycles. The summed E-state index contributed by atoms with van der Waals surface area (Å²) in [5.41, 5.74) is 2.99. The third-order valence-electron chi connectivity index (χ3n) is 3.44. The van der Waals surface area contributed by atoms with Crippen molar-refractivity contribution < 1.29 is 5.11 Å². The molecule has 1 aromatic carbocycles. The van der Waals surface area contributed by atoms with Crippen LogP contribution in [-0.2, 0) is 0 Å². The zero-order valence-corrected chi connectivity index (χ0v) is 9.51. The molecule has 2 heteroatoms. The molecule has 0 aliphatic heterocycles. The highest BCUT2D eigenvalue weighted by Gasteiger charge is 2.17. The number of aromatic hydroxyl groups is 1. The van der Waals surface area contributed by atoms with Crippen LogP contribution in [0.2, 0.25) is 0 Å². The number of anilines is 1. The van der Waals surface area contributed by atoms with Crippen LogP contribution in [0.25, 0.3) is 0 Å². The van der Waals surface area contributed by atoms with Gasteiger partial charge in [-0.3, -0.25) is 0 Å². The maximum Gasteiger partial charge on any atom is 0.123 e. The zero-order valence-electron chi connectivity index (χ0n) is 9.51. The van der Waals surface area contributed by atoms with Crippen LogP contribution in [0.1, 0.15) is 30.4 Å². The topological polar surface area (TPSA) is 32.3 Å². The molecule has 1 fully saturated rings. The molecule has 1 saturated carbocycles. The van der Waals surface area contributed by atoms with Gasteiger partial charge in [0.05, 0.1) is 0 Å². The number of phenolic OH excluding ortho intramolecular Hbond substituents is 1. The van der Waals surface area contributed by atoms with Crippen LogP contribution in [0.15, 0.2) is 12.1 Å². The number of rotatable bonds is 3. The van der Waals surface area contributed by atoms with E-state index in [9.17, 15) is 5.11 Å². The van der Waals surface area contributed by atoms with E-state index in [2.05, 4.69) is 11.4 Å². The van der Waals surface area contributed by atoms with E-state index in [0.717, 1.165) is 29.3 Å². The summed E-state index contributed by atoms with van der Waals surface area (Å²) in [6.45, 7) is 4.94. The number of hydrogen-bond donors (Lipinski definition) is 2. The Bertz CT molecular complexity index is 356. The van der Waals surface area contributed by atoms with Crippen LogP contribution in [0.4, 0.5) is 5.69 Å². The molecule has 2 rings (SSSR count). The van der Waals surface area contributed by atoms with Crippen molar-refractivity contribution in [3.05, 3.63) is 23.3 Å². The lowest BCUT2D eigenvalue weighted by atomic mass is 9.85. The van der Waals surface area contributed by atoms with Crippen molar-refractivity contribution in [1.29, 1.82) is 0 Å². The summed E-state index contributed by atoms with van der Waals surface area (Å²) < 4.78 is 0. The molecule has 15 heavy (non-hydrogen) atoms. The van der Waals surface area contributed by atoms with Crippen LogP contribution < -0.4 is 5.32 Å². The first kappa shape index (κ1) is 10.3. The number of phenols is 1. The molecule has 1 aromatic rings. The van der Waals surface area contributed by atoms with Gasteiger partial charge in [0.1, 0.15) is 5.75 Å². The third-order valence-corrected chi connectivity index (χ3v) is 3.44. The highest BCUT2D eigenvalue weighted by molar-refractivity contribution is 5.59. The largest absolute Gasteiger partial charge is 0.507 e. The van der Waals surface area contributed by atoms with Gasteiger partial charge >= 0.3 is 0 Å². The highest BCUT2D eigenvalue weighted by Crippen LogP contribution is 2.30. The first-order valence-corrected chi connectivity index (χ1v) is 5.71. The normalized spacial score (nSPS) is 16.1. The molecule has 82 valence electrons. The van der Waals surface area contributed by atoms with E-state index in [4.69, 9.17) is 0 Å². The zero-order chi connectivity index (χ0) is 10.8. The molecule has 0 aromatic heterocycles. The average molecular weight is 205 g/mol. The van der Waals surface area contributed by atoms with Gasteiger partial charge in [-0.05, 0) is 44.2 Å². The molecule has 0 bridgehead atoms. The minimum Gasteiger partial charge on any atom is -0.507 e. The maximum absolute atomic E-state index is 9.78. The van der Waals surface area contributed by atoms with E-state index in [1.165, 1.54) is 19.3 Å². The second-order valence-corrected chi connectivity index (χ2v) is 4.58. The van der Waals surface area contributed by atoms with E-state index in [-0.39, 0.29) is 0 Å². The number of aryl methyl sites for hydroxylation is 1. The SMILES string of the molecule is Cc1ccc(NCC2CCC2)c(C)c1O. The van der Waals surface area contributed by atoms with E-state index >= 15 is 0 Å². The molecular formula is C13H19NO. The molecule has 0 amide bonds. The predicted molar refractivity (Wildman–Crippen MR) is 63.4 cm³/mol. The Morgan fingerprint density at radius 2 is 2.07 bits per heavy atom. The smallest absolute Gasteiger partial charge is 0.123 e. The van der Waals surface area contributed by atoms with Crippen LogP contribution in [0.5, 0.6) is 5.75 Å². The maximum atomic E-state index is 9.78. The van der Waals surface area contributed by atoms with Crippen LogP contribution >= 0.6 is 0 Å². The van der Waals surface area contributed by atoms with E-state index in [1.807, 2.05) is 19.9 Å². The Kier molecular flexibility index (Phi) is 2.85. The molecule has 2 nitrogen and oxygen atoms in total. The van der Waals surface area contributed by atoms with Crippen LogP contribution in [0.3, 0.4) is 0 Å². The first-order chi connectivity index (χ1) is 7.18. The Balaban J connectivity index is 2.04. The summed E-state index contributed by atoms with van der Waals surface area (Å²) in [6, 6.07) is 4.02. The summed E-state index contributed by atoms with van der Waals surface area (Å²) in [5.74, 6) is 1.27. The minimum absolute atomic E-state index is 0.425. The molecule has 0 spiro atoms.